The minimum atomic E-state index is -0.864. The molecule has 2 aromatic carbocycles. The number of nitrogens with one attached hydrogen (secondary N) is 1. The molecule has 0 aliphatic carbocycles. The van der Waals surface area contributed by atoms with E-state index in [4.69, 9.17) is 4.74 Å². The van der Waals surface area contributed by atoms with Crippen molar-refractivity contribution in [2.24, 2.45) is 0 Å². The molecule has 1 N–H and O–H groups in total. The molecule has 2 aromatic rings. The number of nitrogens with zero attached hydrogens (tertiary/aromatic N) is 2. The molecule has 0 aromatic heterocycles. The third-order valence-corrected chi connectivity index (χ3v) is 3.73. The Hall–Kier alpha value is -3.49. The highest BCUT2D eigenvalue weighted by atomic mass is 16.6. The number of anilines is 2. The SMILES string of the molecule is CCc1ccccc1Nc1c([N+](=O)[O-])cc(C(=O)OC(C)C)cc1[N+](=O)[O-]. The largest absolute Gasteiger partial charge is 0.459 e. The quantitative estimate of drug-likeness (QED) is 0.434. The summed E-state index contributed by atoms with van der Waals surface area (Å²) in [7, 11) is 0. The molecule has 142 valence electrons. The second kappa shape index (κ2) is 8.26. The van der Waals surface area contributed by atoms with Gasteiger partial charge < -0.3 is 10.1 Å². The van der Waals surface area contributed by atoms with Gasteiger partial charge in [-0.15, -0.1) is 0 Å². The van der Waals surface area contributed by atoms with Gasteiger partial charge in [-0.25, -0.2) is 4.79 Å². The van der Waals surface area contributed by atoms with Crippen LogP contribution in [0.1, 0.15) is 36.7 Å². The van der Waals surface area contributed by atoms with Gasteiger partial charge in [0.05, 0.1) is 21.5 Å². The van der Waals surface area contributed by atoms with Crippen LogP contribution in [0, 0.1) is 20.2 Å². The first-order valence-corrected chi connectivity index (χ1v) is 8.27. The summed E-state index contributed by atoms with van der Waals surface area (Å²) in [5.74, 6) is -0.864. The van der Waals surface area contributed by atoms with Crippen molar-refractivity contribution in [3.05, 3.63) is 67.8 Å². The first kappa shape index (κ1) is 19.8. The van der Waals surface area contributed by atoms with Crippen LogP contribution in [-0.2, 0) is 11.2 Å². The number of hydrogen-bond acceptors (Lipinski definition) is 7. The van der Waals surface area contributed by atoms with Crippen molar-refractivity contribution in [2.75, 3.05) is 5.32 Å². The van der Waals surface area contributed by atoms with Gasteiger partial charge in [-0.3, -0.25) is 20.2 Å². The van der Waals surface area contributed by atoms with Gasteiger partial charge in [-0.05, 0) is 31.9 Å². The molecule has 0 atom stereocenters. The number of para-hydroxylation sites is 1. The van der Waals surface area contributed by atoms with E-state index in [1.54, 1.807) is 32.0 Å². The third kappa shape index (κ3) is 4.57. The Morgan fingerprint density at radius 2 is 1.67 bits per heavy atom. The number of rotatable bonds is 7. The van der Waals surface area contributed by atoms with Gasteiger partial charge in [-0.1, -0.05) is 25.1 Å². The Morgan fingerprint density at radius 1 is 1.11 bits per heavy atom. The molecule has 2 rings (SSSR count). The standard InChI is InChI=1S/C18H19N3O6/c1-4-12-7-5-6-8-14(12)19-17-15(20(23)24)9-13(10-16(17)21(25)26)18(22)27-11(2)3/h5-11,19H,4H2,1-3H3. The zero-order valence-electron chi connectivity index (χ0n) is 15.1. The van der Waals surface area contributed by atoms with Crippen LogP contribution in [0.15, 0.2) is 36.4 Å². The molecular formula is C18H19N3O6. The van der Waals surface area contributed by atoms with Crippen LogP contribution in [0.5, 0.6) is 0 Å². The van der Waals surface area contributed by atoms with Crippen molar-refractivity contribution in [3.8, 4) is 0 Å². The van der Waals surface area contributed by atoms with Crippen LogP contribution in [0.2, 0.25) is 0 Å². The average molecular weight is 373 g/mol. The predicted octanol–water partition coefficient (Wildman–Crippen LogP) is 4.37. The van der Waals surface area contributed by atoms with Crippen molar-refractivity contribution in [1.29, 1.82) is 0 Å². The van der Waals surface area contributed by atoms with Crippen LogP contribution >= 0.6 is 0 Å². The number of hydrogen-bond donors (Lipinski definition) is 1. The lowest BCUT2D eigenvalue weighted by atomic mass is 10.1. The van der Waals surface area contributed by atoms with Crippen LogP contribution in [0.4, 0.5) is 22.7 Å². The van der Waals surface area contributed by atoms with Gasteiger partial charge in [-0.2, -0.15) is 0 Å². The zero-order valence-corrected chi connectivity index (χ0v) is 15.1. The molecule has 0 bridgehead atoms. The monoisotopic (exact) mass is 373 g/mol. The van der Waals surface area contributed by atoms with E-state index in [-0.39, 0.29) is 11.3 Å². The van der Waals surface area contributed by atoms with Crippen LogP contribution in [-0.4, -0.2) is 21.9 Å². The lowest BCUT2D eigenvalue weighted by Crippen LogP contribution is -2.13. The van der Waals surface area contributed by atoms with Crippen LogP contribution in [0.3, 0.4) is 0 Å². The Kier molecular flexibility index (Phi) is 6.07. The summed E-state index contributed by atoms with van der Waals surface area (Å²) < 4.78 is 5.00. The maximum atomic E-state index is 12.1. The summed E-state index contributed by atoms with van der Waals surface area (Å²) in [6.45, 7) is 5.12. The summed E-state index contributed by atoms with van der Waals surface area (Å²) in [5, 5.41) is 25.9. The molecule has 0 spiro atoms. The van der Waals surface area contributed by atoms with Gasteiger partial charge in [0.1, 0.15) is 0 Å². The fourth-order valence-electron chi connectivity index (χ4n) is 2.51. The lowest BCUT2D eigenvalue weighted by Gasteiger charge is -2.13. The van der Waals surface area contributed by atoms with E-state index in [1.807, 2.05) is 13.0 Å². The molecule has 0 unspecified atom stereocenters. The van der Waals surface area contributed by atoms with E-state index < -0.39 is 33.3 Å². The number of carbonyl (C=O) groups excluding carboxylic acids is 1. The highest BCUT2D eigenvalue weighted by molar-refractivity contribution is 5.94. The van der Waals surface area contributed by atoms with Crippen molar-refractivity contribution < 1.29 is 19.4 Å². The molecular weight excluding hydrogens is 354 g/mol. The summed E-state index contributed by atoms with van der Waals surface area (Å²) >= 11 is 0. The normalized spacial score (nSPS) is 10.5. The Labute approximate surface area is 155 Å². The van der Waals surface area contributed by atoms with Crippen molar-refractivity contribution in [3.63, 3.8) is 0 Å². The summed E-state index contributed by atoms with van der Waals surface area (Å²) in [6, 6.07) is 8.97. The maximum absolute atomic E-state index is 12.1. The number of ether oxygens (including phenoxy) is 1. The molecule has 0 aliphatic rings. The van der Waals surface area contributed by atoms with Gasteiger partial charge in [0.15, 0.2) is 5.69 Å². The smallest absolute Gasteiger partial charge is 0.338 e. The van der Waals surface area contributed by atoms with E-state index in [2.05, 4.69) is 5.32 Å². The Morgan fingerprint density at radius 3 is 2.15 bits per heavy atom. The molecule has 0 saturated carbocycles. The number of esters is 1. The number of nitro benzene ring substituents is 2. The first-order valence-electron chi connectivity index (χ1n) is 8.27. The molecule has 0 radical (unpaired) electrons. The third-order valence-electron chi connectivity index (χ3n) is 3.73. The zero-order chi connectivity index (χ0) is 20.1. The van der Waals surface area contributed by atoms with Crippen molar-refractivity contribution in [1.82, 2.24) is 0 Å². The van der Waals surface area contributed by atoms with Crippen molar-refractivity contribution in [2.45, 2.75) is 33.3 Å². The van der Waals surface area contributed by atoms with Gasteiger partial charge >= 0.3 is 17.3 Å². The van der Waals surface area contributed by atoms with E-state index >= 15 is 0 Å². The fourth-order valence-corrected chi connectivity index (χ4v) is 2.51. The van der Waals surface area contributed by atoms with E-state index in [9.17, 15) is 25.0 Å². The molecule has 0 heterocycles. The predicted molar refractivity (Wildman–Crippen MR) is 99.4 cm³/mol. The van der Waals surface area contributed by atoms with Gasteiger partial charge in [0.25, 0.3) is 0 Å². The number of aryl methyl sites for hydroxylation is 1. The number of benzene rings is 2. The number of nitro groups is 2. The van der Waals surface area contributed by atoms with E-state index in [0.717, 1.165) is 17.7 Å². The van der Waals surface area contributed by atoms with E-state index in [1.165, 1.54) is 0 Å². The molecule has 0 aliphatic heterocycles. The van der Waals surface area contributed by atoms with Crippen LogP contribution in [0.25, 0.3) is 0 Å². The highest BCUT2D eigenvalue weighted by Crippen LogP contribution is 2.38. The molecule has 27 heavy (non-hydrogen) atoms. The first-order chi connectivity index (χ1) is 12.7. The van der Waals surface area contributed by atoms with Crippen LogP contribution < -0.4 is 5.32 Å². The highest BCUT2D eigenvalue weighted by Gasteiger charge is 2.29. The van der Waals surface area contributed by atoms with Crippen molar-refractivity contribution >= 4 is 28.7 Å². The summed E-state index contributed by atoms with van der Waals surface area (Å²) in [5.41, 5.74) is -0.340. The Balaban J connectivity index is 2.63. The molecule has 0 fully saturated rings. The second-order valence-electron chi connectivity index (χ2n) is 5.99. The minimum Gasteiger partial charge on any atom is -0.459 e. The van der Waals surface area contributed by atoms with Gasteiger partial charge in [0.2, 0.25) is 0 Å². The number of carbonyl (C=O) groups is 1. The van der Waals surface area contributed by atoms with E-state index in [0.29, 0.717) is 12.1 Å². The fraction of sp³-hybridized carbons (Fsp3) is 0.278. The summed E-state index contributed by atoms with van der Waals surface area (Å²) in [6.07, 6.45) is 0.161. The maximum Gasteiger partial charge on any atom is 0.338 e. The molecule has 9 heteroatoms. The topological polar surface area (TPSA) is 125 Å². The van der Waals surface area contributed by atoms with Gasteiger partial charge in [0, 0.05) is 17.8 Å². The summed E-state index contributed by atoms with van der Waals surface area (Å²) in [4.78, 5) is 33.6. The average Bonchev–Trinajstić information content (AvgIpc) is 2.61. The molecule has 9 nitrogen and oxygen atoms in total. The second-order valence-corrected chi connectivity index (χ2v) is 5.99. The Bertz CT molecular complexity index is 859. The minimum absolute atomic E-state index is 0.253. The molecule has 0 amide bonds. The lowest BCUT2D eigenvalue weighted by molar-refractivity contribution is -0.392. The molecule has 0 saturated heterocycles.